The van der Waals surface area contributed by atoms with Crippen molar-refractivity contribution in [3.63, 3.8) is 0 Å². The molecule has 1 fully saturated rings. The fraction of sp³-hybridized carbons (Fsp3) is 0.500. The molecule has 0 N–H and O–H groups in total. The van der Waals surface area contributed by atoms with Crippen molar-refractivity contribution in [3.8, 4) is 0 Å². The molecule has 0 radical (unpaired) electrons. The summed E-state index contributed by atoms with van der Waals surface area (Å²) >= 11 is 1.62. The van der Waals surface area contributed by atoms with Gasteiger partial charge in [0.1, 0.15) is 0 Å². The van der Waals surface area contributed by atoms with Crippen LogP contribution in [0.2, 0.25) is 0 Å². The van der Waals surface area contributed by atoms with E-state index in [0.717, 1.165) is 37.2 Å². The van der Waals surface area contributed by atoms with Gasteiger partial charge in [0, 0.05) is 18.1 Å². The predicted molar refractivity (Wildman–Crippen MR) is 52.5 cm³/mol. The number of carbonyl (C=O) groups is 1. The normalized spacial score (nSPS) is 18.8. The van der Waals surface area contributed by atoms with E-state index in [1.165, 1.54) is 4.88 Å². The molecule has 0 unspecified atom stereocenters. The van der Waals surface area contributed by atoms with Gasteiger partial charge in [0.15, 0.2) is 6.29 Å². The molecule has 3 heteroatoms. The van der Waals surface area contributed by atoms with E-state index >= 15 is 0 Å². The number of carbonyl (C=O) groups excluding carboxylic acids is 1. The van der Waals surface area contributed by atoms with Gasteiger partial charge in [0.2, 0.25) is 0 Å². The summed E-state index contributed by atoms with van der Waals surface area (Å²) in [7, 11) is 0. The van der Waals surface area contributed by atoms with Gasteiger partial charge in [-0.1, -0.05) is 0 Å². The maximum atomic E-state index is 10.5. The third-order valence-corrected chi connectivity index (χ3v) is 3.56. The largest absolute Gasteiger partial charge is 0.381 e. The van der Waals surface area contributed by atoms with E-state index in [9.17, 15) is 4.79 Å². The Morgan fingerprint density at radius 1 is 1.38 bits per heavy atom. The van der Waals surface area contributed by atoms with Crippen molar-refractivity contribution in [2.24, 2.45) is 0 Å². The van der Waals surface area contributed by atoms with Crippen molar-refractivity contribution in [2.45, 2.75) is 18.8 Å². The Hall–Kier alpha value is -0.670. The molecule has 0 amide bonds. The first kappa shape index (κ1) is 8.91. The van der Waals surface area contributed by atoms with E-state index < -0.39 is 0 Å². The summed E-state index contributed by atoms with van der Waals surface area (Å²) in [6.45, 7) is 1.72. The Kier molecular flexibility index (Phi) is 2.76. The lowest BCUT2D eigenvalue weighted by molar-refractivity contribution is 0.0860. The fourth-order valence-electron chi connectivity index (χ4n) is 1.63. The summed E-state index contributed by atoms with van der Waals surface area (Å²) in [5.74, 6) is 0.618. The number of hydrogen-bond acceptors (Lipinski definition) is 3. The van der Waals surface area contributed by atoms with E-state index in [0.29, 0.717) is 5.92 Å². The number of thiophene rings is 1. The topological polar surface area (TPSA) is 26.3 Å². The summed E-state index contributed by atoms with van der Waals surface area (Å²) in [5, 5.41) is 0. The molecule has 1 aromatic heterocycles. The third-order valence-electron chi connectivity index (χ3n) is 2.39. The minimum absolute atomic E-state index is 0.618. The zero-order valence-corrected chi connectivity index (χ0v) is 8.18. The summed E-state index contributed by atoms with van der Waals surface area (Å²) in [6.07, 6.45) is 3.12. The molecule has 13 heavy (non-hydrogen) atoms. The van der Waals surface area contributed by atoms with Gasteiger partial charge in [-0.05, 0) is 30.9 Å². The standard InChI is InChI=1S/C10H12O2S/c11-7-9-1-2-10(13-9)8-3-5-12-6-4-8/h1-2,7-8H,3-6H2. The second-order valence-electron chi connectivity index (χ2n) is 3.24. The van der Waals surface area contributed by atoms with Crippen molar-refractivity contribution < 1.29 is 9.53 Å². The Balaban J connectivity index is 2.09. The number of ether oxygens (including phenoxy) is 1. The van der Waals surface area contributed by atoms with Crippen LogP contribution in [0.3, 0.4) is 0 Å². The van der Waals surface area contributed by atoms with Gasteiger partial charge in [-0.2, -0.15) is 0 Å². The number of hydrogen-bond donors (Lipinski definition) is 0. The minimum atomic E-state index is 0.618. The lowest BCUT2D eigenvalue weighted by Crippen LogP contribution is -2.12. The van der Waals surface area contributed by atoms with Gasteiger partial charge in [-0.25, -0.2) is 0 Å². The van der Waals surface area contributed by atoms with E-state index in [4.69, 9.17) is 4.74 Å². The Morgan fingerprint density at radius 3 is 2.77 bits per heavy atom. The molecule has 0 aromatic carbocycles. The van der Waals surface area contributed by atoms with E-state index in [-0.39, 0.29) is 0 Å². The van der Waals surface area contributed by atoms with Gasteiger partial charge < -0.3 is 4.74 Å². The van der Waals surface area contributed by atoms with Crippen LogP contribution >= 0.6 is 11.3 Å². The zero-order chi connectivity index (χ0) is 9.10. The smallest absolute Gasteiger partial charge is 0.160 e. The molecule has 1 aromatic rings. The predicted octanol–water partition coefficient (Wildman–Crippen LogP) is 2.45. The van der Waals surface area contributed by atoms with Gasteiger partial charge in [0.05, 0.1) is 4.88 Å². The molecule has 1 saturated heterocycles. The highest BCUT2D eigenvalue weighted by Crippen LogP contribution is 2.31. The Labute approximate surface area is 81.5 Å². The molecule has 1 aliphatic rings. The summed E-state index contributed by atoms with van der Waals surface area (Å²) < 4.78 is 5.29. The average Bonchev–Trinajstić information content (AvgIpc) is 2.67. The molecule has 0 aliphatic carbocycles. The average molecular weight is 196 g/mol. The molecule has 1 aliphatic heterocycles. The van der Waals surface area contributed by atoms with E-state index in [1.54, 1.807) is 11.3 Å². The molecule has 0 spiro atoms. The number of aldehydes is 1. The maximum Gasteiger partial charge on any atom is 0.160 e. The third kappa shape index (κ3) is 1.98. The highest BCUT2D eigenvalue weighted by atomic mass is 32.1. The fourth-order valence-corrected chi connectivity index (χ4v) is 2.63. The van der Waals surface area contributed by atoms with E-state index in [2.05, 4.69) is 6.07 Å². The molecular formula is C10H12O2S. The first-order valence-electron chi connectivity index (χ1n) is 4.53. The molecule has 2 rings (SSSR count). The van der Waals surface area contributed by atoms with Crippen LogP contribution in [0.25, 0.3) is 0 Å². The number of rotatable bonds is 2. The van der Waals surface area contributed by atoms with Crippen LogP contribution in [0.4, 0.5) is 0 Å². The SMILES string of the molecule is O=Cc1ccc(C2CCOCC2)s1. The van der Waals surface area contributed by atoms with Gasteiger partial charge in [-0.3, -0.25) is 4.79 Å². The first-order chi connectivity index (χ1) is 6.40. The highest BCUT2D eigenvalue weighted by molar-refractivity contribution is 7.13. The molecule has 0 atom stereocenters. The van der Waals surface area contributed by atoms with Crippen LogP contribution in [0, 0.1) is 0 Å². The second-order valence-corrected chi connectivity index (χ2v) is 4.39. The van der Waals surface area contributed by atoms with Crippen molar-refractivity contribution in [1.82, 2.24) is 0 Å². The van der Waals surface area contributed by atoms with Crippen molar-refractivity contribution in [1.29, 1.82) is 0 Å². The second kappa shape index (κ2) is 4.03. The lowest BCUT2D eigenvalue weighted by Gasteiger charge is -2.20. The van der Waals surface area contributed by atoms with Crippen LogP contribution in [0.1, 0.15) is 33.3 Å². The molecule has 2 heterocycles. The van der Waals surface area contributed by atoms with Crippen molar-refractivity contribution in [3.05, 3.63) is 21.9 Å². The summed E-state index contributed by atoms with van der Waals surface area (Å²) in [4.78, 5) is 12.7. The van der Waals surface area contributed by atoms with Crippen LogP contribution in [0.5, 0.6) is 0 Å². The first-order valence-corrected chi connectivity index (χ1v) is 5.34. The van der Waals surface area contributed by atoms with E-state index in [1.807, 2.05) is 6.07 Å². The zero-order valence-electron chi connectivity index (χ0n) is 7.36. The van der Waals surface area contributed by atoms with Gasteiger partial charge >= 0.3 is 0 Å². The van der Waals surface area contributed by atoms with Crippen LogP contribution < -0.4 is 0 Å². The summed E-state index contributed by atoms with van der Waals surface area (Å²) in [6, 6.07) is 3.98. The monoisotopic (exact) mass is 196 g/mol. The molecule has 70 valence electrons. The molecule has 0 saturated carbocycles. The lowest BCUT2D eigenvalue weighted by atomic mass is 9.99. The van der Waals surface area contributed by atoms with Gasteiger partial charge in [0.25, 0.3) is 0 Å². The highest BCUT2D eigenvalue weighted by Gasteiger charge is 2.17. The molecule has 0 bridgehead atoms. The van der Waals surface area contributed by atoms with Crippen LogP contribution in [-0.4, -0.2) is 19.5 Å². The maximum absolute atomic E-state index is 10.5. The minimum Gasteiger partial charge on any atom is -0.381 e. The summed E-state index contributed by atoms with van der Waals surface area (Å²) in [5.41, 5.74) is 0. The van der Waals surface area contributed by atoms with Gasteiger partial charge in [-0.15, -0.1) is 11.3 Å². The van der Waals surface area contributed by atoms with Crippen LogP contribution in [-0.2, 0) is 4.74 Å². The Bertz CT molecular complexity index is 287. The Morgan fingerprint density at radius 2 is 2.15 bits per heavy atom. The van der Waals surface area contributed by atoms with Crippen molar-refractivity contribution >= 4 is 17.6 Å². The van der Waals surface area contributed by atoms with Crippen molar-refractivity contribution in [2.75, 3.05) is 13.2 Å². The van der Waals surface area contributed by atoms with Crippen LogP contribution in [0.15, 0.2) is 12.1 Å². The molecular weight excluding hydrogens is 184 g/mol. The molecule has 2 nitrogen and oxygen atoms in total. The quantitative estimate of drug-likeness (QED) is 0.679.